The molecule has 0 radical (unpaired) electrons. The summed E-state index contributed by atoms with van der Waals surface area (Å²) in [5, 5.41) is 119. The average Bonchev–Trinajstić information content (AvgIpc) is 3.34. The van der Waals surface area contributed by atoms with Gasteiger partial charge in [0.1, 0.15) is 66.8 Å². The number of Topliss-reactive ketones (excluding diaryl/α,β-unsaturated/α-hetero) is 1. The number of ether oxygens (including phenoxy) is 8. The molecular weight excluding hydrogens is 973 g/mol. The molecule has 420 valence electrons. The second-order valence-corrected chi connectivity index (χ2v) is 25.2. The highest BCUT2D eigenvalue weighted by molar-refractivity contribution is 5.94. The highest BCUT2D eigenvalue weighted by Crippen LogP contribution is 2.72. The third kappa shape index (κ3) is 9.30. The molecule has 7 fully saturated rings. The lowest BCUT2D eigenvalue weighted by Crippen LogP contribution is -2.68. The zero-order chi connectivity index (χ0) is 53.9. The molecule has 3 saturated heterocycles. The Bertz CT molecular complexity index is 2150. The van der Waals surface area contributed by atoms with E-state index in [1.54, 1.807) is 6.92 Å². The van der Waals surface area contributed by atoms with Gasteiger partial charge in [0.15, 0.2) is 30.7 Å². The lowest BCUT2D eigenvalue weighted by Gasteiger charge is -2.69. The summed E-state index contributed by atoms with van der Waals surface area (Å²) in [6.45, 7) is 15.4. The number of aliphatic hydroxyl groups is 10. The van der Waals surface area contributed by atoms with Crippen LogP contribution in [0.5, 0.6) is 0 Å². The molecule has 0 aromatic rings. The van der Waals surface area contributed by atoms with Gasteiger partial charge in [-0.05, 0) is 112 Å². The zero-order valence-corrected chi connectivity index (χ0v) is 43.8. The van der Waals surface area contributed by atoms with Crippen molar-refractivity contribution in [3.8, 4) is 0 Å². The summed E-state index contributed by atoms with van der Waals surface area (Å²) >= 11 is 0. The number of aliphatic hydroxyl groups excluding tert-OH is 10. The van der Waals surface area contributed by atoms with Gasteiger partial charge in [0, 0.05) is 10.8 Å². The summed E-state index contributed by atoms with van der Waals surface area (Å²) in [5.41, 5.74) is -0.188. The van der Waals surface area contributed by atoms with Crippen LogP contribution in [0.2, 0.25) is 0 Å². The summed E-state index contributed by atoms with van der Waals surface area (Å²) in [4.78, 5) is 25.2. The first-order valence-electron chi connectivity index (χ1n) is 26.7. The smallest absolute Gasteiger partial charge is 0.335 e. The van der Waals surface area contributed by atoms with E-state index in [-0.39, 0.29) is 81.8 Å². The van der Waals surface area contributed by atoms with E-state index in [1.807, 2.05) is 6.92 Å². The Kier molecular flexibility index (Phi) is 15.5. The number of hydrogen-bond donors (Lipinski definition) is 11. The van der Waals surface area contributed by atoms with E-state index in [2.05, 4.69) is 40.7 Å². The van der Waals surface area contributed by atoms with E-state index >= 15 is 0 Å². The molecule has 21 heteroatoms. The maximum absolute atomic E-state index is 12.7. The van der Waals surface area contributed by atoms with Crippen molar-refractivity contribution in [3.63, 3.8) is 0 Å². The predicted molar refractivity (Wildman–Crippen MR) is 255 cm³/mol. The van der Waals surface area contributed by atoms with Crippen molar-refractivity contribution < 1.29 is 104 Å². The van der Waals surface area contributed by atoms with Gasteiger partial charge in [0.2, 0.25) is 12.1 Å². The molecular formula is C53H82O21. The fourth-order valence-corrected chi connectivity index (χ4v) is 16.0. The maximum Gasteiger partial charge on any atom is 0.335 e. The van der Waals surface area contributed by atoms with Crippen LogP contribution in [-0.4, -0.2) is 192 Å². The number of aliphatic carboxylic acids is 1. The number of carboxylic acid groups (broad SMARTS) is 1. The number of carboxylic acids is 1. The van der Waals surface area contributed by atoms with Crippen LogP contribution >= 0.6 is 0 Å². The molecule has 11 N–H and O–H groups in total. The first-order valence-corrected chi connectivity index (χ1v) is 26.7. The predicted octanol–water partition coefficient (Wildman–Crippen LogP) is 1.44. The largest absolute Gasteiger partial charge is 0.502 e. The molecule has 74 heavy (non-hydrogen) atoms. The van der Waals surface area contributed by atoms with Crippen LogP contribution in [0.25, 0.3) is 0 Å². The first-order chi connectivity index (χ1) is 34.6. The molecule has 0 aromatic carbocycles. The van der Waals surface area contributed by atoms with Crippen molar-refractivity contribution in [2.45, 2.75) is 230 Å². The van der Waals surface area contributed by atoms with Gasteiger partial charge >= 0.3 is 5.97 Å². The lowest BCUT2D eigenvalue weighted by atomic mass is 9.37. The van der Waals surface area contributed by atoms with Gasteiger partial charge in [-0.25, -0.2) is 4.79 Å². The fraction of sp³-hybridized carbons (Fsp3) is 0.887. The number of hydrogen-bond acceptors (Lipinski definition) is 20. The molecule has 0 bridgehead atoms. The van der Waals surface area contributed by atoms with E-state index in [0.29, 0.717) is 12.8 Å². The Labute approximate surface area is 431 Å². The Morgan fingerprint density at radius 3 is 1.96 bits per heavy atom. The van der Waals surface area contributed by atoms with Crippen LogP contribution in [0.15, 0.2) is 23.2 Å². The molecule has 21 nitrogen and oxygen atoms in total. The van der Waals surface area contributed by atoms with Gasteiger partial charge in [-0.1, -0.05) is 53.2 Å². The molecule has 9 rings (SSSR count). The second-order valence-electron chi connectivity index (χ2n) is 25.2. The second kappa shape index (κ2) is 20.4. The molecule has 4 aliphatic heterocycles. The molecule has 0 spiro atoms. The topological polar surface area (TPSA) is 331 Å². The summed E-state index contributed by atoms with van der Waals surface area (Å²) in [6, 6.07) is 0. The lowest BCUT2D eigenvalue weighted by molar-refractivity contribution is -0.396. The number of allylic oxidation sites excluding steroid dienone is 4. The highest BCUT2D eigenvalue weighted by atomic mass is 16.8. The highest BCUT2D eigenvalue weighted by Gasteiger charge is 2.67. The van der Waals surface area contributed by atoms with Gasteiger partial charge < -0.3 is 94.1 Å². The molecule has 26 atom stereocenters. The molecule has 0 aromatic heterocycles. The Hall–Kier alpha value is -2.42. The minimum Gasteiger partial charge on any atom is -0.502 e. The molecule has 5 unspecified atom stereocenters. The number of carbonyl (C=O) groups excluding carboxylic acids is 1. The fourth-order valence-electron chi connectivity index (χ4n) is 16.0. The number of carbonyl (C=O) groups is 2. The van der Waals surface area contributed by atoms with Crippen molar-refractivity contribution in [1.29, 1.82) is 0 Å². The van der Waals surface area contributed by atoms with Gasteiger partial charge in [-0.2, -0.15) is 0 Å². The van der Waals surface area contributed by atoms with Crippen molar-refractivity contribution >= 4 is 11.8 Å². The van der Waals surface area contributed by atoms with E-state index in [1.165, 1.54) is 12.5 Å². The minimum absolute atomic E-state index is 0.0444. The normalized spacial score (nSPS) is 52.4. The van der Waals surface area contributed by atoms with Crippen LogP contribution in [0.1, 0.15) is 120 Å². The van der Waals surface area contributed by atoms with Crippen LogP contribution in [0, 0.1) is 50.7 Å². The van der Waals surface area contributed by atoms with E-state index in [4.69, 9.17) is 37.9 Å². The Balaban J connectivity index is 0.967. The zero-order valence-electron chi connectivity index (χ0n) is 43.8. The van der Waals surface area contributed by atoms with Crippen molar-refractivity contribution in [2.75, 3.05) is 13.2 Å². The third-order valence-corrected chi connectivity index (χ3v) is 20.2. The molecule has 9 aliphatic rings. The Morgan fingerprint density at radius 1 is 0.676 bits per heavy atom. The number of fused-ring (bicyclic) bond motifs is 7. The van der Waals surface area contributed by atoms with Gasteiger partial charge in [0.05, 0.1) is 37.9 Å². The standard InChI is InChI=1S/C53H82O21/c1-22-34(57)27(56)17-33(67-22)70-32-19-49(3,4)18-26-24-9-10-29-50(5,25(24)11-14-51(26,32)6)15-12-30-52(29,7)16-13-31(53(30,8)21-55)71-48-44(40(63)39(62)42(72-48)45(65)66)74-47-43(38(61)36(59)28(20-54)69-47)73-46-41(64)37(60)35(58)23(2)68-46/h9,23,25-26,28-33,35-44,46-48,54-55,57-64H,10-21H2,1-8H3,(H,65,66)/t23-,25?,26?,28+,29?,30?,31-,32+,33?,35-,36-,37+,38-,39-,40-,41+,42-,43+,44+,46-,47-,48+,50-,51+,52+,53+/m0/s1. The molecule has 5 aliphatic carbocycles. The maximum atomic E-state index is 12.7. The number of ketones is 1. The minimum atomic E-state index is -2.09. The molecule has 4 saturated carbocycles. The Morgan fingerprint density at radius 2 is 1.31 bits per heavy atom. The summed E-state index contributed by atoms with van der Waals surface area (Å²) < 4.78 is 49.0. The van der Waals surface area contributed by atoms with E-state index in [0.717, 1.165) is 44.9 Å². The number of rotatable bonds is 11. The van der Waals surface area contributed by atoms with Crippen molar-refractivity contribution in [2.24, 2.45) is 50.7 Å². The first kappa shape index (κ1) is 56.3. The summed E-state index contributed by atoms with van der Waals surface area (Å²) in [6.07, 6.45) is -18.8. The quantitative estimate of drug-likeness (QED) is 0.103. The van der Waals surface area contributed by atoms with Gasteiger partial charge in [0.25, 0.3) is 0 Å². The molecule has 4 heterocycles. The molecule has 0 amide bonds. The van der Waals surface area contributed by atoms with Crippen LogP contribution in [0.4, 0.5) is 0 Å². The monoisotopic (exact) mass is 1050 g/mol. The summed E-state index contributed by atoms with van der Waals surface area (Å²) in [7, 11) is 0. The van der Waals surface area contributed by atoms with Crippen molar-refractivity contribution in [1.82, 2.24) is 0 Å². The van der Waals surface area contributed by atoms with Crippen LogP contribution in [0.3, 0.4) is 0 Å². The van der Waals surface area contributed by atoms with E-state index < -0.39 is 123 Å². The average molecular weight is 1060 g/mol. The van der Waals surface area contributed by atoms with Crippen molar-refractivity contribution in [3.05, 3.63) is 23.2 Å². The van der Waals surface area contributed by atoms with Gasteiger partial charge in [-0.15, -0.1) is 0 Å². The summed E-state index contributed by atoms with van der Waals surface area (Å²) in [5.74, 6) is -1.56. The van der Waals surface area contributed by atoms with Crippen LogP contribution in [-0.2, 0) is 47.5 Å². The van der Waals surface area contributed by atoms with E-state index in [9.17, 15) is 65.8 Å². The van der Waals surface area contributed by atoms with Crippen LogP contribution < -0.4 is 0 Å². The SMILES string of the molecule is CC1=C(O)C(=O)CC(O[C@@H]2CC(C)(C)CC3C4=CCC5[C@@](C)(CCC6[C@]5(C)CC[C@H](O[C@@H]5O[C@H](C(=O)O)[C@@H](O)[C@H](O)[C@H]5O[C@@H]5O[C@H](CO)[C@H](O)[C@H](O)[C@H]5O[C@@H]5O[C@@H](C)[C@H](O)[C@@H](O)[C@H]5O)[C@]6(C)CO)C4CC[C@]32C)O1. The van der Waals surface area contributed by atoms with Gasteiger partial charge in [-0.3, -0.25) is 4.79 Å². The third-order valence-electron chi connectivity index (χ3n) is 20.2.